The number of hydrogen-bond donors (Lipinski definition) is 2. The fourth-order valence-electron chi connectivity index (χ4n) is 1.88. The van der Waals surface area contributed by atoms with E-state index in [0.717, 1.165) is 18.7 Å². The van der Waals surface area contributed by atoms with Gasteiger partial charge in [-0.3, -0.25) is 0 Å². The van der Waals surface area contributed by atoms with Gasteiger partial charge in [0.05, 0.1) is 16.7 Å². The molecule has 2 rings (SSSR count). The lowest BCUT2D eigenvalue weighted by molar-refractivity contribution is 0.198. The molecule has 0 spiro atoms. The number of sulfonamides is 1. The standard InChI is InChI=1S/C10H13BrN2O3S/c11-9-5-8(17(12,15)16)1-2-10(9)13-4-3-7(14)6-13/h1-2,5,7,14H,3-4,6H2,(H2,12,15,16)/t7-/m0/s1. The first kappa shape index (κ1) is 12.8. The maximum absolute atomic E-state index is 11.2. The summed E-state index contributed by atoms with van der Waals surface area (Å²) in [6.07, 6.45) is 0.406. The molecule has 3 N–H and O–H groups in total. The van der Waals surface area contributed by atoms with Crippen LogP contribution in [0.2, 0.25) is 0 Å². The van der Waals surface area contributed by atoms with E-state index in [0.29, 0.717) is 11.0 Å². The smallest absolute Gasteiger partial charge is 0.238 e. The van der Waals surface area contributed by atoms with Gasteiger partial charge < -0.3 is 10.0 Å². The third kappa shape index (κ3) is 2.79. The van der Waals surface area contributed by atoms with E-state index in [4.69, 9.17) is 5.14 Å². The summed E-state index contributed by atoms with van der Waals surface area (Å²) in [6, 6.07) is 4.65. The SMILES string of the molecule is NS(=O)(=O)c1ccc(N2CC[C@H](O)C2)c(Br)c1. The number of nitrogens with zero attached hydrogens (tertiary/aromatic N) is 1. The van der Waals surface area contributed by atoms with E-state index in [-0.39, 0.29) is 11.0 Å². The van der Waals surface area contributed by atoms with Crippen LogP contribution in [0.5, 0.6) is 0 Å². The molecule has 1 saturated heterocycles. The first-order valence-corrected chi connectivity index (χ1v) is 7.47. The minimum Gasteiger partial charge on any atom is -0.391 e. The van der Waals surface area contributed by atoms with Crippen molar-refractivity contribution in [3.05, 3.63) is 22.7 Å². The number of aliphatic hydroxyl groups excluding tert-OH is 1. The lowest BCUT2D eigenvalue weighted by atomic mass is 10.3. The van der Waals surface area contributed by atoms with Gasteiger partial charge in [0.2, 0.25) is 10.0 Å². The topological polar surface area (TPSA) is 83.6 Å². The highest BCUT2D eigenvalue weighted by molar-refractivity contribution is 9.10. The maximum atomic E-state index is 11.2. The predicted molar refractivity (Wildman–Crippen MR) is 68.4 cm³/mol. The fourth-order valence-corrected chi connectivity index (χ4v) is 3.20. The molecule has 17 heavy (non-hydrogen) atoms. The number of anilines is 1. The van der Waals surface area contributed by atoms with Crippen molar-refractivity contribution in [2.75, 3.05) is 18.0 Å². The van der Waals surface area contributed by atoms with Gasteiger partial charge >= 0.3 is 0 Å². The Balaban J connectivity index is 2.32. The number of benzene rings is 1. The van der Waals surface area contributed by atoms with Crippen molar-refractivity contribution in [1.29, 1.82) is 0 Å². The van der Waals surface area contributed by atoms with Crippen molar-refractivity contribution in [3.63, 3.8) is 0 Å². The van der Waals surface area contributed by atoms with Crippen LogP contribution in [0.1, 0.15) is 6.42 Å². The number of primary sulfonamides is 1. The number of aliphatic hydroxyl groups is 1. The van der Waals surface area contributed by atoms with Crippen molar-refractivity contribution in [1.82, 2.24) is 0 Å². The van der Waals surface area contributed by atoms with Crippen molar-refractivity contribution in [3.8, 4) is 0 Å². The van der Waals surface area contributed by atoms with Crippen LogP contribution >= 0.6 is 15.9 Å². The molecule has 1 atom stereocenters. The summed E-state index contributed by atoms with van der Waals surface area (Å²) >= 11 is 3.33. The summed E-state index contributed by atoms with van der Waals surface area (Å²) in [6.45, 7) is 1.32. The Morgan fingerprint density at radius 1 is 1.47 bits per heavy atom. The van der Waals surface area contributed by atoms with Crippen LogP contribution in [-0.4, -0.2) is 32.7 Å². The van der Waals surface area contributed by atoms with Crippen LogP contribution < -0.4 is 10.0 Å². The van der Waals surface area contributed by atoms with Gasteiger partial charge in [-0.25, -0.2) is 13.6 Å². The molecule has 1 aromatic rings. The van der Waals surface area contributed by atoms with E-state index in [1.54, 1.807) is 6.07 Å². The number of nitrogens with two attached hydrogens (primary N) is 1. The number of rotatable bonds is 2. The second-order valence-corrected chi connectivity index (χ2v) is 6.46. The van der Waals surface area contributed by atoms with Gasteiger partial charge in [0.1, 0.15) is 0 Å². The predicted octanol–water partition coefficient (Wildman–Crippen LogP) is 0.667. The zero-order valence-corrected chi connectivity index (χ0v) is 11.4. The Hall–Kier alpha value is -0.630. The van der Waals surface area contributed by atoms with Crippen LogP contribution in [0.3, 0.4) is 0 Å². The Morgan fingerprint density at radius 3 is 2.65 bits per heavy atom. The maximum Gasteiger partial charge on any atom is 0.238 e. The highest BCUT2D eigenvalue weighted by atomic mass is 79.9. The molecule has 0 radical (unpaired) electrons. The molecule has 0 aliphatic carbocycles. The lowest BCUT2D eigenvalue weighted by Crippen LogP contribution is -2.21. The molecule has 1 fully saturated rings. The van der Waals surface area contributed by atoms with Gasteiger partial charge in [-0.1, -0.05) is 0 Å². The van der Waals surface area contributed by atoms with E-state index < -0.39 is 10.0 Å². The average Bonchev–Trinajstić information content (AvgIpc) is 2.63. The van der Waals surface area contributed by atoms with Crippen LogP contribution in [-0.2, 0) is 10.0 Å². The summed E-state index contributed by atoms with van der Waals surface area (Å²) in [4.78, 5) is 2.08. The highest BCUT2D eigenvalue weighted by Crippen LogP contribution is 2.30. The molecule has 1 heterocycles. The second kappa shape index (κ2) is 4.56. The summed E-state index contributed by atoms with van der Waals surface area (Å²) in [5, 5.41) is 14.5. The van der Waals surface area contributed by atoms with Crippen LogP contribution in [0.4, 0.5) is 5.69 Å². The molecule has 0 bridgehead atoms. The van der Waals surface area contributed by atoms with Crippen LogP contribution in [0.25, 0.3) is 0 Å². The molecular formula is C10H13BrN2O3S. The monoisotopic (exact) mass is 320 g/mol. The van der Waals surface area contributed by atoms with E-state index in [1.807, 2.05) is 4.90 Å². The number of β-amino-alcohol motifs (C(OH)–C–C–N with tert-alkyl or cyclic N) is 1. The zero-order chi connectivity index (χ0) is 12.6. The minimum absolute atomic E-state index is 0.0767. The largest absolute Gasteiger partial charge is 0.391 e. The molecule has 1 aromatic carbocycles. The molecule has 0 saturated carbocycles. The molecule has 0 aromatic heterocycles. The second-order valence-electron chi connectivity index (χ2n) is 4.05. The third-order valence-electron chi connectivity index (χ3n) is 2.75. The van der Waals surface area contributed by atoms with Gasteiger partial charge in [-0.15, -0.1) is 0 Å². The normalized spacial score (nSPS) is 20.9. The minimum atomic E-state index is -3.67. The molecule has 1 aliphatic heterocycles. The van der Waals surface area contributed by atoms with Crippen molar-refractivity contribution in [2.24, 2.45) is 5.14 Å². The number of hydrogen-bond acceptors (Lipinski definition) is 4. The lowest BCUT2D eigenvalue weighted by Gasteiger charge is -2.19. The highest BCUT2D eigenvalue weighted by Gasteiger charge is 2.22. The Morgan fingerprint density at radius 2 is 2.18 bits per heavy atom. The van der Waals surface area contributed by atoms with E-state index >= 15 is 0 Å². The van der Waals surface area contributed by atoms with Gasteiger partial charge in [-0.2, -0.15) is 0 Å². The first-order chi connectivity index (χ1) is 7.88. The van der Waals surface area contributed by atoms with Crippen LogP contribution in [0.15, 0.2) is 27.6 Å². The third-order valence-corrected chi connectivity index (χ3v) is 4.30. The van der Waals surface area contributed by atoms with E-state index in [2.05, 4.69) is 15.9 Å². The van der Waals surface area contributed by atoms with Crippen molar-refractivity contribution in [2.45, 2.75) is 17.4 Å². The Bertz CT molecular complexity index is 532. The van der Waals surface area contributed by atoms with Gasteiger partial charge in [0.15, 0.2) is 0 Å². The van der Waals surface area contributed by atoms with E-state index in [1.165, 1.54) is 12.1 Å². The molecular weight excluding hydrogens is 308 g/mol. The molecule has 0 amide bonds. The van der Waals surface area contributed by atoms with Gasteiger partial charge in [-0.05, 0) is 40.5 Å². The molecule has 0 unspecified atom stereocenters. The Labute approximate surface area is 108 Å². The zero-order valence-electron chi connectivity index (χ0n) is 9.01. The van der Waals surface area contributed by atoms with Crippen molar-refractivity contribution >= 4 is 31.6 Å². The number of halogens is 1. The Kier molecular flexibility index (Phi) is 3.44. The van der Waals surface area contributed by atoms with E-state index in [9.17, 15) is 13.5 Å². The molecule has 5 nitrogen and oxygen atoms in total. The molecule has 7 heteroatoms. The fraction of sp³-hybridized carbons (Fsp3) is 0.400. The van der Waals surface area contributed by atoms with Gasteiger partial charge in [0.25, 0.3) is 0 Å². The molecule has 94 valence electrons. The van der Waals surface area contributed by atoms with Crippen molar-refractivity contribution < 1.29 is 13.5 Å². The average molecular weight is 321 g/mol. The summed E-state index contributed by atoms with van der Waals surface area (Å²) in [5.74, 6) is 0. The quantitative estimate of drug-likeness (QED) is 0.838. The summed E-state index contributed by atoms with van der Waals surface area (Å²) in [5.41, 5.74) is 0.869. The summed E-state index contributed by atoms with van der Waals surface area (Å²) < 4.78 is 23.0. The molecule has 1 aliphatic rings. The van der Waals surface area contributed by atoms with Gasteiger partial charge in [0, 0.05) is 17.6 Å². The van der Waals surface area contributed by atoms with Crippen LogP contribution in [0, 0.1) is 0 Å². The summed E-state index contributed by atoms with van der Waals surface area (Å²) in [7, 11) is -3.67. The first-order valence-electron chi connectivity index (χ1n) is 5.13.